The predicted molar refractivity (Wildman–Crippen MR) is 114 cm³/mol. The van der Waals surface area contributed by atoms with Crippen LogP contribution in [-0.4, -0.2) is 30.7 Å². The number of fused-ring (bicyclic) bond motifs is 1. The van der Waals surface area contributed by atoms with Gasteiger partial charge in [-0.1, -0.05) is 26.0 Å². The quantitative estimate of drug-likeness (QED) is 0.450. The van der Waals surface area contributed by atoms with E-state index >= 15 is 0 Å². The molecular weight excluding hydrogens is 367 g/mol. The smallest absolute Gasteiger partial charge is 0.160 e. The second-order valence-electron chi connectivity index (χ2n) is 6.50. The first-order valence-electron chi connectivity index (χ1n) is 10.0. The average Bonchev–Trinajstić information content (AvgIpc) is 3.40. The maximum absolute atomic E-state index is 14.2. The Hall–Kier alpha value is -3.22. The highest BCUT2D eigenvalue weighted by atomic mass is 19.1. The van der Waals surface area contributed by atoms with Crippen LogP contribution in [0, 0.1) is 12.7 Å². The summed E-state index contributed by atoms with van der Waals surface area (Å²) in [7, 11) is 0. The molecule has 0 aliphatic rings. The van der Waals surface area contributed by atoms with Crippen LogP contribution >= 0.6 is 0 Å². The van der Waals surface area contributed by atoms with Crippen LogP contribution in [0.3, 0.4) is 0 Å². The number of halogens is 1. The van der Waals surface area contributed by atoms with Gasteiger partial charge >= 0.3 is 0 Å². The highest BCUT2D eigenvalue weighted by Crippen LogP contribution is 2.25. The van der Waals surface area contributed by atoms with Gasteiger partial charge in [-0.2, -0.15) is 9.61 Å². The molecule has 0 saturated carbocycles. The Kier molecular flexibility index (Phi) is 6.94. The molecule has 4 aromatic rings. The zero-order valence-electron chi connectivity index (χ0n) is 17.1. The van der Waals surface area contributed by atoms with E-state index in [-0.39, 0.29) is 5.82 Å². The van der Waals surface area contributed by atoms with Gasteiger partial charge in [0.2, 0.25) is 0 Å². The van der Waals surface area contributed by atoms with E-state index in [1.165, 1.54) is 6.07 Å². The number of rotatable bonds is 7. The molecule has 0 aliphatic heterocycles. The van der Waals surface area contributed by atoms with Crippen LogP contribution in [-0.2, 0) is 6.54 Å². The Morgan fingerprint density at radius 1 is 1.14 bits per heavy atom. The molecule has 3 heterocycles. The number of anilines is 1. The summed E-state index contributed by atoms with van der Waals surface area (Å²) < 4.78 is 18.1. The van der Waals surface area contributed by atoms with E-state index in [4.69, 9.17) is 0 Å². The number of aryl methyl sites for hydroxylation is 2. The molecule has 1 N–H and O–H groups in total. The van der Waals surface area contributed by atoms with E-state index in [1.807, 2.05) is 45.4 Å². The van der Waals surface area contributed by atoms with Crippen LogP contribution in [0.2, 0.25) is 0 Å². The second kappa shape index (κ2) is 9.82. The third kappa shape index (κ3) is 4.80. The third-order valence-electron chi connectivity index (χ3n) is 4.51. The highest BCUT2D eigenvalue weighted by Gasteiger charge is 2.12. The lowest BCUT2D eigenvalue weighted by Crippen LogP contribution is -2.09. The molecule has 0 radical (unpaired) electrons. The molecule has 152 valence electrons. The third-order valence-corrected chi connectivity index (χ3v) is 4.51. The van der Waals surface area contributed by atoms with Crippen molar-refractivity contribution in [2.75, 3.05) is 11.9 Å². The van der Waals surface area contributed by atoms with E-state index in [0.29, 0.717) is 11.3 Å². The summed E-state index contributed by atoms with van der Waals surface area (Å²) >= 11 is 0. The average molecular weight is 394 g/mol. The molecule has 0 bridgehead atoms. The van der Waals surface area contributed by atoms with Gasteiger partial charge in [-0.3, -0.25) is 0 Å². The molecule has 3 aromatic heterocycles. The maximum Gasteiger partial charge on any atom is 0.160 e. The van der Waals surface area contributed by atoms with Gasteiger partial charge in [0.15, 0.2) is 5.65 Å². The van der Waals surface area contributed by atoms with E-state index < -0.39 is 0 Å². The largest absolute Gasteiger partial charge is 0.370 e. The van der Waals surface area contributed by atoms with Crippen LogP contribution in [0.15, 0.2) is 55.2 Å². The van der Waals surface area contributed by atoms with Crippen LogP contribution in [0.5, 0.6) is 0 Å². The van der Waals surface area contributed by atoms with Gasteiger partial charge < -0.3 is 9.88 Å². The molecule has 7 heteroatoms. The Bertz CT molecular complexity index is 1040. The highest BCUT2D eigenvalue weighted by molar-refractivity contribution is 5.68. The number of hydrogen-bond donors (Lipinski definition) is 1. The van der Waals surface area contributed by atoms with E-state index in [1.54, 1.807) is 29.0 Å². The Labute approximate surface area is 170 Å². The molecule has 0 saturated heterocycles. The summed E-state index contributed by atoms with van der Waals surface area (Å²) in [5.74, 6) is 0.534. The number of aromatic nitrogens is 5. The van der Waals surface area contributed by atoms with E-state index in [9.17, 15) is 4.39 Å². The zero-order chi connectivity index (χ0) is 20.6. The molecular formula is C22H27FN6. The van der Waals surface area contributed by atoms with Crippen molar-refractivity contribution >= 4 is 11.5 Å². The number of nitrogens with zero attached hydrogens (tertiary/aromatic N) is 5. The molecule has 0 aliphatic carbocycles. The standard InChI is InChI=1S/C20H21FN6.C2H6/c1-15-13-24-27-19(23-8-4-5-10-26-11-9-22-14-26)12-18(25-20(15)27)16-6-2-3-7-17(16)21;1-2/h2-3,6-7,9,11-14,23H,4-5,8,10H2,1H3;1-2H3. The van der Waals surface area contributed by atoms with Gasteiger partial charge in [-0.25, -0.2) is 14.4 Å². The SMILES string of the molecule is CC.Cc1cnn2c(NCCCCn3ccnc3)cc(-c3ccccc3F)nc12. The monoisotopic (exact) mass is 394 g/mol. The van der Waals surface area contributed by atoms with Crippen LogP contribution in [0.4, 0.5) is 10.2 Å². The lowest BCUT2D eigenvalue weighted by atomic mass is 10.1. The summed E-state index contributed by atoms with van der Waals surface area (Å²) in [4.78, 5) is 8.66. The Balaban J connectivity index is 0.00000117. The summed E-state index contributed by atoms with van der Waals surface area (Å²) in [6, 6.07) is 8.55. The fourth-order valence-electron chi connectivity index (χ4n) is 3.06. The van der Waals surface area contributed by atoms with Crippen LogP contribution < -0.4 is 5.32 Å². The first-order chi connectivity index (χ1) is 14.2. The van der Waals surface area contributed by atoms with Gasteiger partial charge in [0.25, 0.3) is 0 Å². The molecule has 0 fully saturated rings. The second-order valence-corrected chi connectivity index (χ2v) is 6.50. The molecule has 1 aromatic carbocycles. The van der Waals surface area contributed by atoms with Crippen molar-refractivity contribution in [3.05, 3.63) is 66.6 Å². The molecule has 4 rings (SSSR count). The van der Waals surface area contributed by atoms with E-state index in [2.05, 4.69) is 25.0 Å². The number of imidazole rings is 1. The minimum Gasteiger partial charge on any atom is -0.370 e. The Morgan fingerprint density at radius 3 is 2.72 bits per heavy atom. The molecule has 0 spiro atoms. The Morgan fingerprint density at radius 2 is 1.97 bits per heavy atom. The number of benzene rings is 1. The molecule has 0 amide bonds. The van der Waals surface area contributed by atoms with Crippen LogP contribution in [0.25, 0.3) is 16.9 Å². The molecule has 6 nitrogen and oxygen atoms in total. The summed E-state index contributed by atoms with van der Waals surface area (Å²) in [5, 5.41) is 7.82. The number of nitrogens with one attached hydrogen (secondary N) is 1. The summed E-state index contributed by atoms with van der Waals surface area (Å²) in [6.07, 6.45) is 9.39. The van der Waals surface area contributed by atoms with Crippen molar-refractivity contribution < 1.29 is 4.39 Å². The van der Waals surface area contributed by atoms with Crippen molar-refractivity contribution in [2.24, 2.45) is 0 Å². The molecule has 29 heavy (non-hydrogen) atoms. The van der Waals surface area contributed by atoms with E-state index in [0.717, 1.165) is 43.0 Å². The lowest BCUT2D eigenvalue weighted by molar-refractivity contribution is 0.620. The van der Waals surface area contributed by atoms with Crippen LogP contribution in [0.1, 0.15) is 32.3 Å². The van der Waals surface area contributed by atoms with Gasteiger partial charge in [-0.05, 0) is 31.9 Å². The molecule has 0 unspecified atom stereocenters. The van der Waals surface area contributed by atoms with Crippen molar-refractivity contribution in [1.29, 1.82) is 0 Å². The number of hydrogen-bond acceptors (Lipinski definition) is 4. The lowest BCUT2D eigenvalue weighted by Gasteiger charge is -2.11. The molecule has 0 atom stereocenters. The van der Waals surface area contributed by atoms with Crippen molar-refractivity contribution in [1.82, 2.24) is 24.1 Å². The summed E-state index contributed by atoms with van der Waals surface area (Å²) in [6.45, 7) is 7.69. The number of unbranched alkanes of at least 4 members (excludes halogenated alkanes) is 1. The minimum absolute atomic E-state index is 0.280. The van der Waals surface area contributed by atoms with Gasteiger partial charge in [0, 0.05) is 42.7 Å². The minimum atomic E-state index is -0.280. The maximum atomic E-state index is 14.2. The topological polar surface area (TPSA) is 60.0 Å². The van der Waals surface area contributed by atoms with Gasteiger partial charge in [0.1, 0.15) is 11.6 Å². The predicted octanol–water partition coefficient (Wildman–Crippen LogP) is 4.96. The van der Waals surface area contributed by atoms with Crippen molar-refractivity contribution in [3.63, 3.8) is 0 Å². The van der Waals surface area contributed by atoms with Gasteiger partial charge in [0.05, 0.1) is 18.2 Å². The normalized spacial score (nSPS) is 10.6. The zero-order valence-corrected chi connectivity index (χ0v) is 17.1. The fraction of sp³-hybridized carbons (Fsp3) is 0.318. The van der Waals surface area contributed by atoms with Crippen molar-refractivity contribution in [3.8, 4) is 11.3 Å². The van der Waals surface area contributed by atoms with Gasteiger partial charge in [-0.15, -0.1) is 0 Å². The summed E-state index contributed by atoms with van der Waals surface area (Å²) in [5.41, 5.74) is 2.78. The fourth-order valence-corrected chi connectivity index (χ4v) is 3.06. The first-order valence-corrected chi connectivity index (χ1v) is 10.0. The van der Waals surface area contributed by atoms with Crippen molar-refractivity contribution in [2.45, 2.75) is 40.2 Å². The first kappa shape index (κ1) is 20.5.